The molecule has 2 amide bonds. The molecule has 1 aliphatic carbocycles. The predicted molar refractivity (Wildman–Crippen MR) is 103 cm³/mol. The molecule has 0 bridgehead atoms. The third-order valence-corrected chi connectivity index (χ3v) is 5.99. The highest BCUT2D eigenvalue weighted by Crippen LogP contribution is 2.38. The van der Waals surface area contributed by atoms with Gasteiger partial charge in [-0.15, -0.1) is 11.3 Å². The molecule has 0 aromatic carbocycles. The van der Waals surface area contributed by atoms with Crippen molar-refractivity contribution in [1.29, 1.82) is 5.26 Å². The predicted octanol–water partition coefficient (Wildman–Crippen LogP) is 2.80. The summed E-state index contributed by atoms with van der Waals surface area (Å²) >= 11 is 1.39. The average Bonchev–Trinajstić information content (AvgIpc) is 2.96. The first-order valence-corrected chi connectivity index (χ1v) is 9.81. The molecule has 7 nitrogen and oxygen atoms in total. The number of carbonyl (C=O) groups excluding carboxylic acids is 3. The molecule has 0 spiro atoms. The van der Waals surface area contributed by atoms with Gasteiger partial charge in [-0.1, -0.05) is 13.8 Å². The summed E-state index contributed by atoms with van der Waals surface area (Å²) in [6, 6.07) is 2.08. The Morgan fingerprint density at radius 1 is 1.30 bits per heavy atom. The number of fused-ring (bicyclic) bond motifs is 1. The van der Waals surface area contributed by atoms with E-state index in [1.165, 1.54) is 18.3 Å². The van der Waals surface area contributed by atoms with Crippen LogP contribution in [0.5, 0.6) is 0 Å². The summed E-state index contributed by atoms with van der Waals surface area (Å²) in [5.41, 5.74) is 0.223. The number of anilines is 1. The van der Waals surface area contributed by atoms with E-state index in [0.29, 0.717) is 10.6 Å². The number of nitriles is 1. The van der Waals surface area contributed by atoms with Crippen molar-refractivity contribution in [3.8, 4) is 6.07 Å². The molecule has 2 rings (SSSR count). The number of hydrogen-bond donors (Lipinski definition) is 2. The standard InChI is InChI=1S/C19H25N3O4S/c1-11(2)19(4,10-20)22-15(24)9-26-18(25)16-13-7-5-6-8-14(13)27-17(16)21-12(3)23/h11H,5-9H2,1-4H3,(H,21,23)(H,22,24)/t19-/m1/s1. The van der Waals surface area contributed by atoms with E-state index in [1.54, 1.807) is 6.92 Å². The Bertz CT molecular complexity index is 794. The van der Waals surface area contributed by atoms with Gasteiger partial charge in [0, 0.05) is 11.8 Å². The van der Waals surface area contributed by atoms with Crippen LogP contribution < -0.4 is 10.6 Å². The number of nitrogens with one attached hydrogen (secondary N) is 2. The fraction of sp³-hybridized carbons (Fsp3) is 0.579. The number of ether oxygens (including phenoxy) is 1. The maximum Gasteiger partial charge on any atom is 0.341 e. The minimum Gasteiger partial charge on any atom is -0.452 e. The number of thiophene rings is 1. The second kappa shape index (κ2) is 8.53. The van der Waals surface area contributed by atoms with Crippen molar-refractivity contribution < 1.29 is 19.1 Å². The van der Waals surface area contributed by atoms with E-state index in [2.05, 4.69) is 16.7 Å². The zero-order valence-corrected chi connectivity index (χ0v) is 16.9. The summed E-state index contributed by atoms with van der Waals surface area (Å²) in [7, 11) is 0. The van der Waals surface area contributed by atoms with Crippen molar-refractivity contribution in [1.82, 2.24) is 5.32 Å². The zero-order chi connectivity index (χ0) is 20.2. The van der Waals surface area contributed by atoms with Gasteiger partial charge in [-0.3, -0.25) is 9.59 Å². The van der Waals surface area contributed by atoms with Gasteiger partial charge in [0.15, 0.2) is 6.61 Å². The topological polar surface area (TPSA) is 108 Å². The summed E-state index contributed by atoms with van der Waals surface area (Å²) in [6.45, 7) is 6.18. The smallest absolute Gasteiger partial charge is 0.341 e. The van der Waals surface area contributed by atoms with E-state index in [4.69, 9.17) is 4.74 Å². The number of rotatable bonds is 6. The molecule has 0 fully saturated rings. The maximum absolute atomic E-state index is 12.6. The minimum absolute atomic E-state index is 0.0996. The van der Waals surface area contributed by atoms with Gasteiger partial charge in [0.2, 0.25) is 5.91 Å². The molecule has 27 heavy (non-hydrogen) atoms. The Balaban J connectivity index is 2.12. The summed E-state index contributed by atoms with van der Waals surface area (Å²) in [5.74, 6) is -1.53. The second-order valence-electron chi connectivity index (χ2n) is 7.19. The summed E-state index contributed by atoms with van der Waals surface area (Å²) in [4.78, 5) is 37.3. The number of aryl methyl sites for hydroxylation is 1. The molecule has 8 heteroatoms. The lowest BCUT2D eigenvalue weighted by Gasteiger charge is -2.27. The fourth-order valence-electron chi connectivity index (χ4n) is 2.86. The number of carbonyl (C=O) groups is 3. The molecule has 1 aromatic rings. The average molecular weight is 391 g/mol. The summed E-state index contributed by atoms with van der Waals surface area (Å²) < 4.78 is 5.20. The van der Waals surface area contributed by atoms with Gasteiger partial charge in [-0.2, -0.15) is 5.26 Å². The highest BCUT2D eigenvalue weighted by Gasteiger charge is 2.31. The van der Waals surface area contributed by atoms with Crippen molar-refractivity contribution in [2.24, 2.45) is 5.92 Å². The largest absolute Gasteiger partial charge is 0.452 e. The second-order valence-corrected chi connectivity index (χ2v) is 8.29. The van der Waals surface area contributed by atoms with E-state index in [0.717, 1.165) is 36.1 Å². The van der Waals surface area contributed by atoms with Crippen LogP contribution in [0.25, 0.3) is 0 Å². The van der Waals surface area contributed by atoms with Crippen molar-refractivity contribution in [3.05, 3.63) is 16.0 Å². The molecule has 146 valence electrons. The number of hydrogen-bond acceptors (Lipinski definition) is 6. The molecular weight excluding hydrogens is 366 g/mol. The number of nitrogens with zero attached hydrogens (tertiary/aromatic N) is 1. The van der Waals surface area contributed by atoms with Gasteiger partial charge in [0.05, 0.1) is 11.6 Å². The molecule has 0 saturated heterocycles. The van der Waals surface area contributed by atoms with Gasteiger partial charge in [-0.25, -0.2) is 4.79 Å². The third-order valence-electron chi connectivity index (χ3n) is 4.79. The van der Waals surface area contributed by atoms with Crippen molar-refractivity contribution >= 4 is 34.1 Å². The Kier molecular flexibility index (Phi) is 6.60. The molecule has 2 N–H and O–H groups in total. The summed E-state index contributed by atoms with van der Waals surface area (Å²) in [6.07, 6.45) is 3.64. The van der Waals surface area contributed by atoms with Crippen LogP contribution in [0.15, 0.2) is 0 Å². The van der Waals surface area contributed by atoms with Crippen LogP contribution >= 0.6 is 11.3 Å². The van der Waals surface area contributed by atoms with Crippen molar-refractivity contribution in [2.45, 2.75) is 58.9 Å². The molecule has 0 unspecified atom stereocenters. The zero-order valence-electron chi connectivity index (χ0n) is 16.1. The first kappa shape index (κ1) is 20.9. The van der Waals surface area contributed by atoms with E-state index in [9.17, 15) is 19.6 Å². The Labute approximate surface area is 163 Å². The van der Waals surface area contributed by atoms with E-state index < -0.39 is 24.0 Å². The molecule has 1 heterocycles. The maximum atomic E-state index is 12.6. The Morgan fingerprint density at radius 2 is 1.96 bits per heavy atom. The molecule has 1 aromatic heterocycles. The monoisotopic (exact) mass is 391 g/mol. The van der Waals surface area contributed by atoms with Gasteiger partial charge >= 0.3 is 5.97 Å². The van der Waals surface area contributed by atoms with Crippen LogP contribution in [0.1, 0.15) is 61.3 Å². The molecule has 1 atom stereocenters. The lowest BCUT2D eigenvalue weighted by Crippen LogP contribution is -2.50. The molecular formula is C19H25N3O4S. The quantitative estimate of drug-likeness (QED) is 0.725. The van der Waals surface area contributed by atoms with E-state index in [-0.39, 0.29) is 11.8 Å². The van der Waals surface area contributed by atoms with Gasteiger partial charge in [0.1, 0.15) is 10.5 Å². The normalized spacial score (nSPS) is 15.3. The molecule has 0 radical (unpaired) electrons. The first-order valence-electron chi connectivity index (χ1n) is 8.99. The first-order chi connectivity index (χ1) is 12.7. The lowest BCUT2D eigenvalue weighted by molar-refractivity contribution is -0.125. The Morgan fingerprint density at radius 3 is 2.56 bits per heavy atom. The highest BCUT2D eigenvalue weighted by atomic mass is 32.1. The van der Waals surface area contributed by atoms with Crippen LogP contribution in [0.4, 0.5) is 5.00 Å². The SMILES string of the molecule is CC(=O)Nc1sc2c(c1C(=O)OCC(=O)N[C@](C)(C#N)C(C)C)CCCC2. The molecule has 1 aliphatic rings. The van der Waals surface area contributed by atoms with Gasteiger partial charge in [-0.05, 0) is 44.1 Å². The van der Waals surface area contributed by atoms with Crippen LogP contribution in [0.3, 0.4) is 0 Å². The third kappa shape index (κ3) is 4.86. The van der Waals surface area contributed by atoms with E-state index in [1.807, 2.05) is 13.8 Å². The van der Waals surface area contributed by atoms with Crippen molar-refractivity contribution in [2.75, 3.05) is 11.9 Å². The van der Waals surface area contributed by atoms with Crippen molar-refractivity contribution in [3.63, 3.8) is 0 Å². The van der Waals surface area contributed by atoms with Crippen LogP contribution in [-0.2, 0) is 27.2 Å². The molecule has 0 aliphatic heterocycles. The van der Waals surface area contributed by atoms with Crippen LogP contribution in [-0.4, -0.2) is 29.9 Å². The number of esters is 1. The van der Waals surface area contributed by atoms with Crippen LogP contribution in [0.2, 0.25) is 0 Å². The minimum atomic E-state index is -1.04. The van der Waals surface area contributed by atoms with Gasteiger partial charge < -0.3 is 15.4 Å². The lowest BCUT2D eigenvalue weighted by atomic mass is 9.90. The summed E-state index contributed by atoms with van der Waals surface area (Å²) in [5, 5.41) is 15.1. The number of amides is 2. The molecule has 0 saturated carbocycles. The van der Waals surface area contributed by atoms with Crippen LogP contribution in [0, 0.1) is 17.2 Å². The highest BCUT2D eigenvalue weighted by molar-refractivity contribution is 7.17. The fourth-order valence-corrected chi connectivity index (χ4v) is 4.18. The van der Waals surface area contributed by atoms with E-state index >= 15 is 0 Å². The van der Waals surface area contributed by atoms with Gasteiger partial charge in [0.25, 0.3) is 5.91 Å². The Hall–Kier alpha value is -2.40.